The normalized spacial score (nSPS) is 16.8. The molecule has 2 aliphatic rings. The highest BCUT2D eigenvalue weighted by atomic mass is 32.1. The minimum atomic E-state index is -0.573. The zero-order valence-electron chi connectivity index (χ0n) is 13.8. The highest BCUT2D eigenvalue weighted by Crippen LogP contribution is 2.47. The maximum atomic E-state index is 13.1. The molecule has 2 aliphatic heterocycles. The average molecular weight is 384 g/mol. The fourth-order valence-corrected chi connectivity index (χ4v) is 4.73. The molecule has 0 saturated heterocycles. The molecule has 6 nitrogen and oxygen atoms in total. The summed E-state index contributed by atoms with van der Waals surface area (Å²) in [4.78, 5) is 53.8. The molecule has 4 amide bonds. The average Bonchev–Trinajstić information content (AvgIpc) is 3.33. The number of amides is 4. The van der Waals surface area contributed by atoms with Crippen molar-refractivity contribution in [3.63, 3.8) is 0 Å². The van der Waals surface area contributed by atoms with E-state index in [0.29, 0.717) is 9.75 Å². The molecule has 0 spiro atoms. The zero-order chi connectivity index (χ0) is 18.6. The molecule has 0 aliphatic carbocycles. The first-order chi connectivity index (χ1) is 12.4. The molecule has 2 aromatic rings. The van der Waals surface area contributed by atoms with Crippen LogP contribution in [0.3, 0.4) is 0 Å². The largest absolute Gasteiger partial charge is 0.274 e. The first kappa shape index (κ1) is 16.6. The maximum Gasteiger partial charge on any atom is 0.268 e. The lowest BCUT2D eigenvalue weighted by atomic mass is 10.1. The number of thiophene rings is 2. The molecule has 4 rings (SSSR count). The summed E-state index contributed by atoms with van der Waals surface area (Å²) in [6.45, 7) is 2.57. The Morgan fingerprint density at radius 3 is 1.42 bits per heavy atom. The van der Waals surface area contributed by atoms with Crippen LogP contribution in [0.5, 0.6) is 0 Å². The third-order valence-corrected chi connectivity index (χ3v) is 5.90. The fraction of sp³-hybridized carbons (Fsp3) is 0.111. The smallest absolute Gasteiger partial charge is 0.268 e. The van der Waals surface area contributed by atoms with Crippen LogP contribution in [-0.4, -0.2) is 33.4 Å². The van der Waals surface area contributed by atoms with E-state index in [1.54, 1.807) is 35.0 Å². The van der Waals surface area contributed by atoms with Gasteiger partial charge in [0.25, 0.3) is 11.8 Å². The van der Waals surface area contributed by atoms with Crippen LogP contribution in [0, 0.1) is 0 Å². The summed E-state index contributed by atoms with van der Waals surface area (Å²) in [5, 5.41) is 3.60. The van der Waals surface area contributed by atoms with Gasteiger partial charge in [-0.25, -0.2) is 9.80 Å². The second-order valence-electron chi connectivity index (χ2n) is 5.72. The standard InChI is InChI=1S/C18H12N2O4S2/c1-9(21)19-15(11-5-3-7-25-11)13-14(17(19)23)16(12-6-4-8-26-12)20(10(2)22)18(13)24/h3-8H,1-2H3. The number of carbonyl (C=O) groups excluding carboxylic acids is 4. The van der Waals surface area contributed by atoms with E-state index in [9.17, 15) is 19.2 Å². The van der Waals surface area contributed by atoms with E-state index in [0.717, 1.165) is 9.80 Å². The topological polar surface area (TPSA) is 74.8 Å². The Hall–Kier alpha value is -2.84. The van der Waals surface area contributed by atoms with Crippen LogP contribution in [0.2, 0.25) is 0 Å². The molecule has 0 saturated carbocycles. The molecule has 0 radical (unpaired) electrons. The molecule has 0 bridgehead atoms. The zero-order valence-corrected chi connectivity index (χ0v) is 15.4. The number of nitrogens with zero attached hydrogens (tertiary/aromatic N) is 2. The van der Waals surface area contributed by atoms with Gasteiger partial charge in [0.05, 0.1) is 32.3 Å². The van der Waals surface area contributed by atoms with E-state index in [-0.39, 0.29) is 22.5 Å². The van der Waals surface area contributed by atoms with Crippen molar-refractivity contribution >= 4 is 57.7 Å². The second kappa shape index (κ2) is 5.86. The van der Waals surface area contributed by atoms with Crippen LogP contribution in [0.1, 0.15) is 23.6 Å². The first-order valence-electron chi connectivity index (χ1n) is 7.70. The van der Waals surface area contributed by atoms with Crippen LogP contribution >= 0.6 is 22.7 Å². The van der Waals surface area contributed by atoms with Crippen molar-refractivity contribution in [2.24, 2.45) is 0 Å². The van der Waals surface area contributed by atoms with Crippen molar-refractivity contribution in [3.05, 3.63) is 55.9 Å². The monoisotopic (exact) mass is 384 g/mol. The van der Waals surface area contributed by atoms with Gasteiger partial charge in [0.2, 0.25) is 11.8 Å². The van der Waals surface area contributed by atoms with Gasteiger partial charge in [0.15, 0.2) is 0 Å². The van der Waals surface area contributed by atoms with Gasteiger partial charge in [0.1, 0.15) is 0 Å². The number of imide groups is 2. The SMILES string of the molecule is CC(=O)N1C(=O)C2=C(c3cccs3)N(C(C)=O)C(=O)C2=C1c1cccs1. The summed E-state index contributed by atoms with van der Waals surface area (Å²) in [7, 11) is 0. The van der Waals surface area contributed by atoms with Gasteiger partial charge in [-0.2, -0.15) is 0 Å². The van der Waals surface area contributed by atoms with E-state index in [2.05, 4.69) is 0 Å². The first-order valence-corrected chi connectivity index (χ1v) is 9.46. The molecule has 0 aromatic carbocycles. The lowest BCUT2D eigenvalue weighted by Gasteiger charge is -2.20. The molecular formula is C18H12N2O4S2. The highest BCUT2D eigenvalue weighted by Gasteiger charge is 2.51. The number of rotatable bonds is 2. The molecule has 26 heavy (non-hydrogen) atoms. The third-order valence-electron chi connectivity index (χ3n) is 4.14. The highest BCUT2D eigenvalue weighted by molar-refractivity contribution is 7.11. The number of carbonyl (C=O) groups is 4. The quantitative estimate of drug-likeness (QED) is 0.798. The van der Waals surface area contributed by atoms with E-state index >= 15 is 0 Å². The second-order valence-corrected chi connectivity index (χ2v) is 7.62. The summed E-state index contributed by atoms with van der Waals surface area (Å²) >= 11 is 2.65. The van der Waals surface area contributed by atoms with E-state index in [1.165, 1.54) is 36.5 Å². The van der Waals surface area contributed by atoms with Crippen LogP contribution < -0.4 is 0 Å². The van der Waals surface area contributed by atoms with E-state index in [4.69, 9.17) is 0 Å². The molecular weight excluding hydrogens is 372 g/mol. The Kier molecular flexibility index (Phi) is 3.74. The van der Waals surface area contributed by atoms with Crippen LogP contribution in [0.4, 0.5) is 0 Å². The van der Waals surface area contributed by atoms with Crippen LogP contribution in [0.25, 0.3) is 11.4 Å². The Morgan fingerprint density at radius 2 is 1.15 bits per heavy atom. The predicted molar refractivity (Wildman–Crippen MR) is 97.5 cm³/mol. The summed E-state index contributed by atoms with van der Waals surface area (Å²) in [5.41, 5.74) is 0.753. The number of fused-ring (bicyclic) bond motifs is 1. The maximum absolute atomic E-state index is 13.1. The Labute approximate surface area is 156 Å². The minimum absolute atomic E-state index is 0.117. The molecule has 2 aromatic heterocycles. The van der Waals surface area contributed by atoms with Crippen LogP contribution in [-0.2, 0) is 19.2 Å². The van der Waals surface area contributed by atoms with Crippen molar-refractivity contribution in [1.82, 2.24) is 9.80 Å². The molecule has 130 valence electrons. The van der Waals surface area contributed by atoms with Gasteiger partial charge in [-0.1, -0.05) is 12.1 Å². The third kappa shape index (κ3) is 2.16. The lowest BCUT2D eigenvalue weighted by Crippen LogP contribution is -2.34. The Bertz CT molecular complexity index is 945. The van der Waals surface area contributed by atoms with Gasteiger partial charge in [-0.15, -0.1) is 22.7 Å². The van der Waals surface area contributed by atoms with Gasteiger partial charge < -0.3 is 0 Å². The number of hydrogen-bond donors (Lipinski definition) is 0. The van der Waals surface area contributed by atoms with E-state index in [1.807, 2.05) is 0 Å². The van der Waals surface area contributed by atoms with Gasteiger partial charge in [0, 0.05) is 13.8 Å². The molecule has 0 unspecified atom stereocenters. The van der Waals surface area contributed by atoms with Gasteiger partial charge in [-0.3, -0.25) is 19.2 Å². The Balaban J connectivity index is 2.08. The summed E-state index contributed by atoms with van der Waals surface area (Å²) in [6, 6.07) is 7.04. The van der Waals surface area contributed by atoms with Crippen molar-refractivity contribution in [1.29, 1.82) is 0 Å². The van der Waals surface area contributed by atoms with Crippen molar-refractivity contribution in [2.75, 3.05) is 0 Å². The van der Waals surface area contributed by atoms with Crippen molar-refractivity contribution in [3.8, 4) is 0 Å². The molecule has 0 N–H and O–H groups in total. The molecule has 0 fully saturated rings. The van der Waals surface area contributed by atoms with Crippen molar-refractivity contribution < 1.29 is 19.2 Å². The summed E-state index contributed by atoms with van der Waals surface area (Å²) in [6.07, 6.45) is 0. The molecule has 4 heterocycles. The predicted octanol–water partition coefficient (Wildman–Crippen LogP) is 2.71. The van der Waals surface area contributed by atoms with E-state index < -0.39 is 23.6 Å². The van der Waals surface area contributed by atoms with Gasteiger partial charge in [-0.05, 0) is 22.9 Å². The molecule has 0 atom stereocenters. The summed E-state index contributed by atoms with van der Waals surface area (Å²) in [5.74, 6) is -2.09. The Morgan fingerprint density at radius 1 is 0.769 bits per heavy atom. The van der Waals surface area contributed by atoms with Crippen molar-refractivity contribution in [2.45, 2.75) is 13.8 Å². The number of hydrogen-bond acceptors (Lipinski definition) is 6. The van der Waals surface area contributed by atoms with Gasteiger partial charge >= 0.3 is 0 Å². The minimum Gasteiger partial charge on any atom is -0.274 e. The van der Waals surface area contributed by atoms with Crippen LogP contribution in [0.15, 0.2) is 46.2 Å². The molecule has 8 heteroatoms. The summed E-state index contributed by atoms with van der Waals surface area (Å²) < 4.78 is 0. The fourth-order valence-electron chi connectivity index (χ4n) is 3.20. The lowest BCUT2D eigenvalue weighted by molar-refractivity contribution is -0.137.